The Morgan fingerprint density at radius 2 is 1.72 bits per heavy atom. The Hall–Kier alpha value is -3.93. The van der Waals surface area contributed by atoms with E-state index in [-0.39, 0.29) is 5.78 Å². The molecule has 3 atom stereocenters. The van der Waals surface area contributed by atoms with E-state index in [9.17, 15) is 15.3 Å². The Labute approximate surface area is 190 Å². The predicted octanol–water partition coefficient (Wildman–Crippen LogP) is 5.02. The zero-order chi connectivity index (χ0) is 22.3. The summed E-state index contributed by atoms with van der Waals surface area (Å²) in [5, 5.41) is 21.3. The van der Waals surface area contributed by atoms with Crippen molar-refractivity contribution >= 4 is 29.1 Å². The molecule has 5 rings (SSSR count). The summed E-state index contributed by atoms with van der Waals surface area (Å²) in [6.45, 7) is 0. The van der Waals surface area contributed by atoms with Crippen LogP contribution in [-0.2, 0) is 0 Å². The van der Waals surface area contributed by atoms with Crippen molar-refractivity contribution in [2.75, 3.05) is 4.90 Å². The van der Waals surface area contributed by atoms with E-state index in [2.05, 4.69) is 17.1 Å². The van der Waals surface area contributed by atoms with E-state index < -0.39 is 23.4 Å². The number of pyridine rings is 1. The van der Waals surface area contributed by atoms with Crippen LogP contribution in [0.3, 0.4) is 0 Å². The first-order valence-electron chi connectivity index (χ1n) is 10.2. The maximum Gasteiger partial charge on any atom is 0.204 e. The minimum absolute atomic E-state index is 0.229. The second-order valence-electron chi connectivity index (χ2n) is 7.92. The van der Waals surface area contributed by atoms with Gasteiger partial charge in [-0.05, 0) is 41.5 Å². The number of anilines is 1. The molecule has 0 spiro atoms. The highest BCUT2D eigenvalue weighted by Gasteiger charge is 2.63. The van der Waals surface area contributed by atoms with Crippen LogP contribution in [0.15, 0.2) is 79.0 Å². The molecule has 3 aromatic rings. The van der Waals surface area contributed by atoms with Gasteiger partial charge >= 0.3 is 0 Å². The molecule has 1 fully saturated rings. The fourth-order valence-electron chi connectivity index (χ4n) is 4.94. The first-order chi connectivity index (χ1) is 15.6. The molecular formula is C26H17ClN4O. The number of halogens is 1. The molecule has 0 unspecified atom stereocenters. The van der Waals surface area contributed by atoms with Gasteiger partial charge in [0.2, 0.25) is 5.78 Å². The molecule has 154 valence electrons. The van der Waals surface area contributed by atoms with Crippen molar-refractivity contribution in [2.45, 2.75) is 18.0 Å². The number of benzene rings is 2. The second-order valence-corrected chi connectivity index (χ2v) is 8.35. The third-order valence-corrected chi connectivity index (χ3v) is 6.58. The maximum absolute atomic E-state index is 13.9. The molecule has 6 heteroatoms. The van der Waals surface area contributed by atoms with Crippen LogP contribution in [0.1, 0.15) is 27.5 Å². The first-order valence-corrected chi connectivity index (χ1v) is 10.6. The number of carbonyl (C=O) groups excluding carboxylic acids is 1. The number of aromatic nitrogens is 1. The zero-order valence-corrected chi connectivity index (χ0v) is 17.6. The van der Waals surface area contributed by atoms with Crippen LogP contribution in [-0.4, -0.2) is 22.9 Å². The molecule has 2 aliphatic heterocycles. The summed E-state index contributed by atoms with van der Waals surface area (Å²) in [6.07, 6.45) is 5.36. The molecular weight excluding hydrogens is 420 g/mol. The Morgan fingerprint density at radius 1 is 1.00 bits per heavy atom. The Morgan fingerprint density at radius 3 is 2.41 bits per heavy atom. The van der Waals surface area contributed by atoms with Crippen LogP contribution in [0, 0.1) is 28.1 Å². The van der Waals surface area contributed by atoms with Crippen LogP contribution in [0.25, 0.3) is 6.08 Å². The summed E-state index contributed by atoms with van der Waals surface area (Å²) in [5.74, 6) is -0.932. The lowest BCUT2D eigenvalue weighted by Gasteiger charge is -2.35. The summed E-state index contributed by atoms with van der Waals surface area (Å²) < 4.78 is 0. The minimum Gasteiger partial charge on any atom is -0.351 e. The van der Waals surface area contributed by atoms with Crippen molar-refractivity contribution in [3.8, 4) is 12.1 Å². The van der Waals surface area contributed by atoms with E-state index in [0.29, 0.717) is 16.3 Å². The molecule has 1 aromatic heterocycles. The molecule has 0 radical (unpaired) electrons. The van der Waals surface area contributed by atoms with Crippen LogP contribution >= 0.6 is 11.6 Å². The molecule has 0 amide bonds. The summed E-state index contributed by atoms with van der Waals surface area (Å²) in [5.41, 5.74) is 1.29. The third-order valence-electron chi connectivity index (χ3n) is 6.33. The molecule has 5 nitrogen and oxygen atoms in total. The lowest BCUT2D eigenvalue weighted by atomic mass is 9.69. The average molecular weight is 437 g/mol. The van der Waals surface area contributed by atoms with Gasteiger partial charge in [0.05, 0.1) is 18.2 Å². The first kappa shape index (κ1) is 20.0. The number of nitriles is 2. The summed E-state index contributed by atoms with van der Waals surface area (Å²) in [6, 6.07) is 23.1. The fraction of sp³-hybridized carbons (Fsp3) is 0.154. The van der Waals surface area contributed by atoms with E-state index in [4.69, 9.17) is 11.6 Å². The lowest BCUT2D eigenvalue weighted by molar-refractivity contribution is 0.0946. The van der Waals surface area contributed by atoms with Crippen molar-refractivity contribution in [3.05, 3.63) is 101 Å². The van der Waals surface area contributed by atoms with Gasteiger partial charge in [-0.15, -0.1) is 0 Å². The fourth-order valence-corrected chi connectivity index (χ4v) is 5.06. The predicted molar refractivity (Wildman–Crippen MR) is 122 cm³/mol. The maximum atomic E-state index is 13.9. The van der Waals surface area contributed by atoms with Crippen LogP contribution < -0.4 is 4.90 Å². The minimum atomic E-state index is -1.48. The number of hydrogen-bond donors (Lipinski definition) is 0. The van der Waals surface area contributed by atoms with Crippen molar-refractivity contribution < 1.29 is 4.79 Å². The topological polar surface area (TPSA) is 80.8 Å². The number of hydrogen-bond acceptors (Lipinski definition) is 5. The van der Waals surface area contributed by atoms with E-state index in [1.807, 2.05) is 41.3 Å². The van der Waals surface area contributed by atoms with Gasteiger partial charge in [-0.2, -0.15) is 10.5 Å². The summed E-state index contributed by atoms with van der Waals surface area (Å²) in [7, 11) is 0. The van der Waals surface area contributed by atoms with Crippen LogP contribution in [0.4, 0.5) is 5.69 Å². The number of rotatable bonds is 3. The van der Waals surface area contributed by atoms with Gasteiger partial charge in [-0.1, -0.05) is 60.2 Å². The Bertz CT molecular complexity index is 1290. The molecule has 0 bridgehead atoms. The molecule has 1 saturated heterocycles. The molecule has 2 aromatic carbocycles. The van der Waals surface area contributed by atoms with Crippen molar-refractivity contribution in [1.82, 2.24) is 4.98 Å². The van der Waals surface area contributed by atoms with Gasteiger partial charge in [0.15, 0.2) is 5.41 Å². The van der Waals surface area contributed by atoms with Gasteiger partial charge in [-0.25, -0.2) is 0 Å². The highest BCUT2D eigenvalue weighted by Crippen LogP contribution is 2.55. The second kappa shape index (κ2) is 7.64. The zero-order valence-electron chi connectivity index (χ0n) is 16.9. The van der Waals surface area contributed by atoms with Gasteiger partial charge in [0.1, 0.15) is 11.7 Å². The van der Waals surface area contributed by atoms with Crippen LogP contribution in [0.2, 0.25) is 5.02 Å². The highest BCUT2D eigenvalue weighted by molar-refractivity contribution is 6.30. The highest BCUT2D eigenvalue weighted by atomic mass is 35.5. The number of fused-ring (bicyclic) bond motifs is 3. The van der Waals surface area contributed by atoms with E-state index in [1.165, 1.54) is 0 Å². The van der Waals surface area contributed by atoms with Crippen LogP contribution in [0.5, 0.6) is 0 Å². The van der Waals surface area contributed by atoms with E-state index in [1.54, 1.807) is 48.7 Å². The van der Waals surface area contributed by atoms with Gasteiger partial charge in [0.25, 0.3) is 0 Å². The lowest BCUT2D eigenvalue weighted by Crippen LogP contribution is -2.44. The van der Waals surface area contributed by atoms with Gasteiger partial charge in [-0.3, -0.25) is 9.78 Å². The summed E-state index contributed by atoms with van der Waals surface area (Å²) in [4.78, 5) is 20.1. The van der Waals surface area contributed by atoms with Crippen molar-refractivity contribution in [3.63, 3.8) is 0 Å². The van der Waals surface area contributed by atoms with Crippen molar-refractivity contribution in [2.24, 2.45) is 5.41 Å². The number of ketones is 1. The number of nitrogens with zero attached hydrogens (tertiary/aromatic N) is 4. The van der Waals surface area contributed by atoms with Gasteiger partial charge in [0, 0.05) is 22.8 Å². The summed E-state index contributed by atoms with van der Waals surface area (Å²) >= 11 is 6.11. The SMILES string of the molecule is N#CC1(C#N)[C@H](c2ccc(Cl)cc2)[C@H](C(=O)c2ccccn2)N2c3ccccc3C=C[C@H]21. The number of carbonyl (C=O) groups is 1. The third kappa shape index (κ3) is 2.83. The average Bonchev–Trinajstić information content (AvgIpc) is 3.15. The van der Waals surface area contributed by atoms with E-state index >= 15 is 0 Å². The molecule has 0 aliphatic carbocycles. The normalized spacial score (nSPS) is 22.3. The molecule has 3 heterocycles. The number of Topliss-reactive ketones (excluding diaryl/α,β-unsaturated/α-hetero) is 1. The van der Waals surface area contributed by atoms with Gasteiger partial charge < -0.3 is 4.90 Å². The molecule has 32 heavy (non-hydrogen) atoms. The quantitative estimate of drug-likeness (QED) is 0.538. The largest absolute Gasteiger partial charge is 0.351 e. The standard InChI is InChI=1S/C26H17ClN4O/c27-19-11-8-18(9-12-19)23-24(25(32)20-6-3-4-14-30-20)31-21-7-2-1-5-17(21)10-13-22(31)26(23,15-28)16-29/h1-14,22-24H/t22-,23+,24+/m0/s1. The molecule has 0 N–H and O–H groups in total. The Balaban J connectivity index is 1.79. The van der Waals surface area contributed by atoms with E-state index in [0.717, 1.165) is 11.3 Å². The monoisotopic (exact) mass is 436 g/mol. The molecule has 0 saturated carbocycles. The molecule has 2 aliphatic rings. The smallest absolute Gasteiger partial charge is 0.204 e. The Kier molecular flexibility index (Phi) is 4.78. The number of para-hydroxylation sites is 1. The van der Waals surface area contributed by atoms with Crippen molar-refractivity contribution in [1.29, 1.82) is 10.5 Å².